The maximum atomic E-state index is 13.2. The standard InChI is InChI=1S/C23H25N3O5S/c1-31-19-7-4-16(5-8-19)14-24-23(28)18-3-2-12-26(15-18)32(29,30)20-9-10-21-17(13-20)6-11-22(27)25-21/h4-11,13,18H,2-3,12,14-15H2,1H3,(H,24,28)(H,25,27)/t18-/m0/s1. The fraction of sp³-hybridized carbons (Fsp3) is 0.304. The van der Waals surface area contributed by atoms with Crippen LogP contribution in [0.5, 0.6) is 5.75 Å². The first-order valence-corrected chi connectivity index (χ1v) is 11.8. The number of hydrogen-bond donors (Lipinski definition) is 2. The lowest BCUT2D eigenvalue weighted by atomic mass is 9.99. The van der Waals surface area contributed by atoms with Gasteiger partial charge in [-0.1, -0.05) is 12.1 Å². The third kappa shape index (κ3) is 4.68. The minimum atomic E-state index is -3.76. The van der Waals surface area contributed by atoms with Crippen LogP contribution < -0.4 is 15.6 Å². The number of nitrogens with zero attached hydrogens (tertiary/aromatic N) is 1. The molecule has 0 unspecified atom stereocenters. The summed E-state index contributed by atoms with van der Waals surface area (Å²) in [6.45, 7) is 0.879. The van der Waals surface area contributed by atoms with Crippen molar-refractivity contribution in [2.75, 3.05) is 20.2 Å². The van der Waals surface area contributed by atoms with E-state index in [1.807, 2.05) is 24.3 Å². The molecule has 1 aromatic heterocycles. The number of carbonyl (C=O) groups is 1. The first-order chi connectivity index (χ1) is 15.4. The molecule has 2 aromatic carbocycles. The molecule has 9 heteroatoms. The SMILES string of the molecule is COc1ccc(CNC(=O)[C@H]2CCCN(S(=O)(=O)c3ccc4[nH]c(=O)ccc4c3)C2)cc1. The van der Waals surface area contributed by atoms with E-state index in [1.165, 1.54) is 16.4 Å². The number of ether oxygens (including phenoxy) is 1. The second-order valence-corrected chi connectivity index (χ2v) is 9.78. The highest BCUT2D eigenvalue weighted by molar-refractivity contribution is 7.89. The summed E-state index contributed by atoms with van der Waals surface area (Å²) in [6, 6.07) is 15.0. The molecule has 0 spiro atoms. The highest BCUT2D eigenvalue weighted by atomic mass is 32.2. The maximum Gasteiger partial charge on any atom is 0.248 e. The molecule has 1 aliphatic heterocycles. The maximum absolute atomic E-state index is 13.2. The van der Waals surface area contributed by atoms with E-state index in [0.717, 1.165) is 11.3 Å². The van der Waals surface area contributed by atoms with Crippen LogP contribution in [-0.4, -0.2) is 43.8 Å². The topological polar surface area (TPSA) is 109 Å². The van der Waals surface area contributed by atoms with Crippen molar-refractivity contribution in [1.82, 2.24) is 14.6 Å². The molecule has 1 aliphatic rings. The van der Waals surface area contributed by atoms with Gasteiger partial charge in [-0.15, -0.1) is 0 Å². The van der Waals surface area contributed by atoms with Crippen molar-refractivity contribution in [3.63, 3.8) is 0 Å². The zero-order valence-electron chi connectivity index (χ0n) is 17.7. The van der Waals surface area contributed by atoms with Crippen LogP contribution in [0.25, 0.3) is 10.9 Å². The quantitative estimate of drug-likeness (QED) is 0.593. The van der Waals surface area contributed by atoms with Crippen molar-refractivity contribution in [3.05, 3.63) is 70.5 Å². The Kier molecular flexibility index (Phi) is 6.29. The number of pyridine rings is 1. The number of methoxy groups -OCH3 is 1. The Balaban J connectivity index is 1.44. The molecule has 168 valence electrons. The molecule has 2 N–H and O–H groups in total. The van der Waals surface area contributed by atoms with Gasteiger partial charge < -0.3 is 15.0 Å². The Labute approximate surface area is 186 Å². The molecule has 1 saturated heterocycles. The number of aromatic amines is 1. The molecule has 4 rings (SSSR count). The monoisotopic (exact) mass is 455 g/mol. The first kappa shape index (κ1) is 22.0. The molecule has 1 amide bonds. The van der Waals surface area contributed by atoms with Gasteiger partial charge in [0, 0.05) is 31.2 Å². The van der Waals surface area contributed by atoms with E-state index in [-0.39, 0.29) is 22.9 Å². The van der Waals surface area contributed by atoms with Crippen LogP contribution in [0.4, 0.5) is 0 Å². The van der Waals surface area contributed by atoms with E-state index in [9.17, 15) is 18.0 Å². The summed E-state index contributed by atoms with van der Waals surface area (Å²) in [5.74, 6) is 0.179. The van der Waals surface area contributed by atoms with Gasteiger partial charge in [0.1, 0.15) is 5.75 Å². The van der Waals surface area contributed by atoms with Crippen molar-refractivity contribution < 1.29 is 17.9 Å². The highest BCUT2D eigenvalue weighted by Crippen LogP contribution is 2.26. The minimum absolute atomic E-state index is 0.139. The van der Waals surface area contributed by atoms with Gasteiger partial charge in [-0.3, -0.25) is 9.59 Å². The van der Waals surface area contributed by atoms with Crippen LogP contribution in [0.2, 0.25) is 0 Å². The molecule has 0 bridgehead atoms. The van der Waals surface area contributed by atoms with Gasteiger partial charge in [0.2, 0.25) is 21.5 Å². The van der Waals surface area contributed by atoms with E-state index >= 15 is 0 Å². The largest absolute Gasteiger partial charge is 0.497 e. The predicted octanol–water partition coefficient (Wildman–Crippen LogP) is 2.25. The van der Waals surface area contributed by atoms with Gasteiger partial charge in [0.05, 0.1) is 17.9 Å². The normalized spacial score (nSPS) is 17.2. The van der Waals surface area contributed by atoms with E-state index < -0.39 is 15.9 Å². The van der Waals surface area contributed by atoms with Gasteiger partial charge in [0.15, 0.2) is 0 Å². The lowest BCUT2D eigenvalue weighted by Gasteiger charge is -2.31. The number of H-pyrrole nitrogens is 1. The smallest absolute Gasteiger partial charge is 0.248 e. The molecular weight excluding hydrogens is 430 g/mol. The number of fused-ring (bicyclic) bond motifs is 1. The zero-order chi connectivity index (χ0) is 22.7. The predicted molar refractivity (Wildman–Crippen MR) is 121 cm³/mol. The summed E-state index contributed by atoms with van der Waals surface area (Å²) in [4.78, 5) is 27.0. The van der Waals surface area contributed by atoms with Gasteiger partial charge in [-0.2, -0.15) is 4.31 Å². The van der Waals surface area contributed by atoms with E-state index in [2.05, 4.69) is 10.3 Å². The Morgan fingerprint density at radius 1 is 1.16 bits per heavy atom. The van der Waals surface area contributed by atoms with E-state index in [0.29, 0.717) is 36.8 Å². The average molecular weight is 456 g/mol. The lowest BCUT2D eigenvalue weighted by molar-refractivity contribution is -0.126. The number of piperidine rings is 1. The van der Waals surface area contributed by atoms with Crippen LogP contribution in [0, 0.1) is 5.92 Å². The highest BCUT2D eigenvalue weighted by Gasteiger charge is 2.33. The molecule has 0 radical (unpaired) electrons. The van der Waals surface area contributed by atoms with Gasteiger partial charge in [0.25, 0.3) is 0 Å². The van der Waals surface area contributed by atoms with Crippen molar-refractivity contribution in [2.45, 2.75) is 24.3 Å². The van der Waals surface area contributed by atoms with Crippen molar-refractivity contribution in [1.29, 1.82) is 0 Å². The number of carbonyl (C=O) groups excluding carboxylic acids is 1. The third-order valence-electron chi connectivity index (χ3n) is 5.71. The zero-order valence-corrected chi connectivity index (χ0v) is 18.5. The minimum Gasteiger partial charge on any atom is -0.497 e. The molecule has 0 aliphatic carbocycles. The number of sulfonamides is 1. The van der Waals surface area contributed by atoms with Crippen LogP contribution in [-0.2, 0) is 21.4 Å². The summed E-state index contributed by atoms with van der Waals surface area (Å²) < 4.78 is 32.9. The molecule has 8 nitrogen and oxygen atoms in total. The average Bonchev–Trinajstić information content (AvgIpc) is 2.82. The summed E-state index contributed by atoms with van der Waals surface area (Å²) in [5, 5.41) is 3.55. The number of benzene rings is 2. The molecule has 1 atom stereocenters. The van der Waals surface area contributed by atoms with Crippen LogP contribution >= 0.6 is 0 Å². The van der Waals surface area contributed by atoms with Gasteiger partial charge in [-0.25, -0.2) is 8.42 Å². The van der Waals surface area contributed by atoms with Crippen LogP contribution in [0.3, 0.4) is 0 Å². The summed E-state index contributed by atoms with van der Waals surface area (Å²) >= 11 is 0. The number of nitrogens with one attached hydrogen (secondary N) is 2. The Morgan fingerprint density at radius 2 is 1.94 bits per heavy atom. The number of rotatable bonds is 6. The van der Waals surface area contributed by atoms with Crippen molar-refractivity contribution >= 4 is 26.8 Å². The van der Waals surface area contributed by atoms with E-state index in [1.54, 1.807) is 25.3 Å². The van der Waals surface area contributed by atoms with E-state index in [4.69, 9.17) is 4.74 Å². The molecule has 1 fully saturated rings. The Morgan fingerprint density at radius 3 is 2.69 bits per heavy atom. The molecule has 32 heavy (non-hydrogen) atoms. The van der Waals surface area contributed by atoms with Gasteiger partial charge in [-0.05, 0) is 60.2 Å². The van der Waals surface area contributed by atoms with Crippen molar-refractivity contribution in [2.24, 2.45) is 5.92 Å². The fourth-order valence-electron chi connectivity index (χ4n) is 3.89. The second-order valence-electron chi connectivity index (χ2n) is 7.84. The molecular formula is C23H25N3O5S. The summed E-state index contributed by atoms with van der Waals surface area (Å²) in [6.07, 6.45) is 1.25. The van der Waals surface area contributed by atoms with Crippen molar-refractivity contribution in [3.8, 4) is 5.75 Å². The molecule has 0 saturated carbocycles. The van der Waals surface area contributed by atoms with Gasteiger partial charge >= 0.3 is 0 Å². The lowest BCUT2D eigenvalue weighted by Crippen LogP contribution is -2.45. The van der Waals surface area contributed by atoms with Crippen LogP contribution in [0.1, 0.15) is 18.4 Å². The second kappa shape index (κ2) is 9.13. The number of amides is 1. The summed E-state index contributed by atoms with van der Waals surface area (Å²) in [5.41, 5.74) is 1.27. The number of hydrogen-bond acceptors (Lipinski definition) is 5. The third-order valence-corrected chi connectivity index (χ3v) is 7.57. The molecule has 2 heterocycles. The molecule has 3 aromatic rings. The van der Waals surface area contributed by atoms with Crippen LogP contribution in [0.15, 0.2) is 64.3 Å². The summed E-state index contributed by atoms with van der Waals surface area (Å²) in [7, 11) is -2.16. The Bertz CT molecular complexity index is 1280. The Hall–Kier alpha value is -3.17. The fourth-order valence-corrected chi connectivity index (χ4v) is 5.45. The first-order valence-electron chi connectivity index (χ1n) is 10.4. The number of aromatic nitrogens is 1.